The van der Waals surface area contributed by atoms with E-state index in [-0.39, 0.29) is 11.7 Å². The summed E-state index contributed by atoms with van der Waals surface area (Å²) in [4.78, 5) is 0. The van der Waals surface area contributed by atoms with Gasteiger partial charge in [-0.15, -0.1) is 0 Å². The van der Waals surface area contributed by atoms with Crippen LogP contribution in [0.5, 0.6) is 0 Å². The lowest BCUT2D eigenvalue weighted by atomic mass is 9.85. The Morgan fingerprint density at radius 3 is 2.60 bits per heavy atom. The molecule has 2 fully saturated rings. The fraction of sp³-hybridized carbons (Fsp3) is 1.00. The van der Waals surface area contributed by atoms with E-state index >= 15 is 0 Å². The largest absolute Gasteiger partial charge is 0.390 e. The van der Waals surface area contributed by atoms with Crippen LogP contribution in [-0.2, 0) is 9.47 Å². The topological polar surface area (TPSA) is 38.7 Å². The van der Waals surface area contributed by atoms with Crippen molar-refractivity contribution in [1.82, 2.24) is 0 Å². The molecule has 15 heavy (non-hydrogen) atoms. The molecule has 0 radical (unpaired) electrons. The van der Waals surface area contributed by atoms with Gasteiger partial charge in [-0.1, -0.05) is 12.8 Å². The lowest BCUT2D eigenvalue weighted by Gasteiger charge is -2.39. The average molecular weight is 214 g/mol. The van der Waals surface area contributed by atoms with Crippen LogP contribution in [0.1, 0.15) is 38.5 Å². The standard InChI is InChI=1S/C12H22O3/c1-14-12(6-8-15-9-7-12)11(13)5-4-10-2-3-10/h10-11,13H,2-9H2,1H3. The molecule has 0 aromatic heterocycles. The lowest BCUT2D eigenvalue weighted by Crippen LogP contribution is -2.48. The van der Waals surface area contributed by atoms with E-state index in [4.69, 9.17) is 9.47 Å². The van der Waals surface area contributed by atoms with Crippen molar-refractivity contribution in [3.63, 3.8) is 0 Å². The Balaban J connectivity index is 1.84. The van der Waals surface area contributed by atoms with Crippen molar-refractivity contribution >= 4 is 0 Å². The van der Waals surface area contributed by atoms with Gasteiger partial charge in [-0.05, 0) is 18.8 Å². The molecule has 1 N–H and O–H groups in total. The van der Waals surface area contributed by atoms with Gasteiger partial charge in [0.15, 0.2) is 0 Å². The molecule has 1 unspecified atom stereocenters. The first kappa shape index (κ1) is 11.4. The monoisotopic (exact) mass is 214 g/mol. The zero-order valence-corrected chi connectivity index (χ0v) is 9.58. The second-order valence-electron chi connectivity index (χ2n) is 4.92. The van der Waals surface area contributed by atoms with Crippen LogP contribution >= 0.6 is 0 Å². The molecule has 1 aliphatic heterocycles. The Kier molecular flexibility index (Phi) is 3.65. The van der Waals surface area contributed by atoms with Crippen molar-refractivity contribution < 1.29 is 14.6 Å². The van der Waals surface area contributed by atoms with Gasteiger partial charge in [-0.3, -0.25) is 0 Å². The predicted molar refractivity (Wildman–Crippen MR) is 57.8 cm³/mol. The molecule has 2 aliphatic rings. The highest BCUT2D eigenvalue weighted by Crippen LogP contribution is 2.37. The molecule has 1 saturated carbocycles. The zero-order chi connectivity index (χ0) is 10.7. The third kappa shape index (κ3) is 2.71. The Morgan fingerprint density at radius 1 is 1.40 bits per heavy atom. The average Bonchev–Trinajstić information content (AvgIpc) is 3.10. The van der Waals surface area contributed by atoms with Crippen LogP contribution in [-0.4, -0.2) is 37.1 Å². The Bertz CT molecular complexity index is 195. The third-order valence-electron chi connectivity index (χ3n) is 3.90. The Hall–Kier alpha value is -0.120. The van der Waals surface area contributed by atoms with Gasteiger partial charge in [0.05, 0.1) is 11.7 Å². The van der Waals surface area contributed by atoms with Gasteiger partial charge in [-0.2, -0.15) is 0 Å². The Labute approximate surface area is 91.8 Å². The summed E-state index contributed by atoms with van der Waals surface area (Å²) in [6.45, 7) is 1.43. The van der Waals surface area contributed by atoms with E-state index in [0.29, 0.717) is 13.2 Å². The van der Waals surface area contributed by atoms with Crippen LogP contribution in [0.4, 0.5) is 0 Å². The molecule has 0 bridgehead atoms. The van der Waals surface area contributed by atoms with Gasteiger partial charge < -0.3 is 14.6 Å². The van der Waals surface area contributed by atoms with Crippen molar-refractivity contribution in [2.45, 2.75) is 50.2 Å². The quantitative estimate of drug-likeness (QED) is 0.757. The van der Waals surface area contributed by atoms with E-state index in [2.05, 4.69) is 0 Å². The Morgan fingerprint density at radius 2 is 2.07 bits per heavy atom. The molecule has 0 aromatic rings. The molecular formula is C12H22O3. The molecule has 0 amide bonds. The minimum Gasteiger partial charge on any atom is -0.390 e. The van der Waals surface area contributed by atoms with E-state index < -0.39 is 0 Å². The summed E-state index contributed by atoms with van der Waals surface area (Å²) in [5.74, 6) is 0.883. The number of methoxy groups -OCH3 is 1. The van der Waals surface area contributed by atoms with E-state index in [1.807, 2.05) is 0 Å². The summed E-state index contributed by atoms with van der Waals surface area (Å²) in [6, 6.07) is 0. The summed E-state index contributed by atoms with van der Waals surface area (Å²) in [7, 11) is 1.71. The van der Waals surface area contributed by atoms with Gasteiger partial charge in [0, 0.05) is 33.2 Å². The summed E-state index contributed by atoms with van der Waals surface area (Å²) < 4.78 is 10.9. The number of aliphatic hydroxyl groups is 1. The van der Waals surface area contributed by atoms with Crippen LogP contribution in [0, 0.1) is 5.92 Å². The fourth-order valence-electron chi connectivity index (χ4n) is 2.45. The molecule has 1 aliphatic carbocycles. The molecule has 3 heteroatoms. The predicted octanol–water partition coefficient (Wildman–Crippen LogP) is 1.73. The van der Waals surface area contributed by atoms with Crippen LogP contribution in [0.15, 0.2) is 0 Å². The number of aliphatic hydroxyl groups excluding tert-OH is 1. The van der Waals surface area contributed by atoms with Gasteiger partial charge in [0.1, 0.15) is 0 Å². The van der Waals surface area contributed by atoms with E-state index in [1.165, 1.54) is 12.8 Å². The molecule has 0 spiro atoms. The highest BCUT2D eigenvalue weighted by Gasteiger charge is 2.40. The third-order valence-corrected chi connectivity index (χ3v) is 3.90. The normalized spacial score (nSPS) is 27.6. The maximum Gasteiger partial charge on any atom is 0.0980 e. The summed E-state index contributed by atoms with van der Waals surface area (Å²) in [5, 5.41) is 10.2. The minimum atomic E-state index is -0.326. The fourth-order valence-corrected chi connectivity index (χ4v) is 2.45. The molecular weight excluding hydrogens is 192 g/mol. The molecule has 3 nitrogen and oxygen atoms in total. The second kappa shape index (κ2) is 4.81. The van der Waals surface area contributed by atoms with Crippen molar-refractivity contribution in [3.8, 4) is 0 Å². The smallest absolute Gasteiger partial charge is 0.0980 e. The maximum atomic E-state index is 10.2. The van der Waals surface area contributed by atoms with Crippen LogP contribution in [0.3, 0.4) is 0 Å². The second-order valence-corrected chi connectivity index (χ2v) is 4.92. The number of ether oxygens (including phenoxy) is 2. The molecule has 88 valence electrons. The lowest BCUT2D eigenvalue weighted by molar-refractivity contribution is -0.154. The first-order valence-corrected chi connectivity index (χ1v) is 6.08. The molecule has 1 saturated heterocycles. The minimum absolute atomic E-state index is 0.313. The van der Waals surface area contributed by atoms with E-state index in [0.717, 1.165) is 31.6 Å². The first-order valence-electron chi connectivity index (χ1n) is 6.08. The molecule has 1 heterocycles. The molecule has 0 aromatic carbocycles. The van der Waals surface area contributed by atoms with Crippen molar-refractivity contribution in [1.29, 1.82) is 0 Å². The molecule has 2 rings (SSSR count). The van der Waals surface area contributed by atoms with Gasteiger partial charge >= 0.3 is 0 Å². The highest BCUT2D eigenvalue weighted by atomic mass is 16.5. The summed E-state index contributed by atoms with van der Waals surface area (Å²) in [6.07, 6.45) is 6.11. The van der Waals surface area contributed by atoms with Gasteiger partial charge in [0.25, 0.3) is 0 Å². The summed E-state index contributed by atoms with van der Waals surface area (Å²) >= 11 is 0. The number of hydrogen-bond donors (Lipinski definition) is 1. The van der Waals surface area contributed by atoms with Crippen LogP contribution in [0.2, 0.25) is 0 Å². The van der Waals surface area contributed by atoms with Crippen molar-refractivity contribution in [3.05, 3.63) is 0 Å². The van der Waals surface area contributed by atoms with Crippen LogP contribution < -0.4 is 0 Å². The van der Waals surface area contributed by atoms with Crippen molar-refractivity contribution in [2.75, 3.05) is 20.3 Å². The first-order chi connectivity index (χ1) is 7.27. The number of rotatable bonds is 5. The van der Waals surface area contributed by atoms with Gasteiger partial charge in [-0.25, -0.2) is 0 Å². The molecule has 1 atom stereocenters. The maximum absolute atomic E-state index is 10.2. The van der Waals surface area contributed by atoms with Crippen molar-refractivity contribution in [2.24, 2.45) is 5.92 Å². The van der Waals surface area contributed by atoms with Crippen LogP contribution in [0.25, 0.3) is 0 Å². The van der Waals surface area contributed by atoms with E-state index in [9.17, 15) is 5.11 Å². The highest BCUT2D eigenvalue weighted by molar-refractivity contribution is 4.91. The SMILES string of the molecule is COC1(C(O)CCC2CC2)CCOCC1. The van der Waals surface area contributed by atoms with E-state index in [1.54, 1.807) is 7.11 Å². The zero-order valence-electron chi connectivity index (χ0n) is 9.58. The summed E-state index contributed by atoms with van der Waals surface area (Å²) in [5.41, 5.74) is -0.326. The number of hydrogen-bond acceptors (Lipinski definition) is 3. The van der Waals surface area contributed by atoms with Gasteiger partial charge in [0.2, 0.25) is 0 Å².